The molecule has 23 heteroatoms. The van der Waals surface area contributed by atoms with Crippen LogP contribution in [0.25, 0.3) is 22.2 Å². The normalized spacial score (nSPS) is 36.6. The van der Waals surface area contributed by atoms with Crippen LogP contribution >= 0.6 is 37.9 Å². The van der Waals surface area contributed by atoms with Crippen molar-refractivity contribution in [2.45, 2.75) is 43.3 Å². The predicted octanol–water partition coefficient (Wildman–Crippen LogP) is 0.879. The van der Waals surface area contributed by atoms with Crippen LogP contribution in [-0.2, 0) is 32.2 Å². The molecule has 0 amide bonds. The molecular weight excluding hydrogens is 662 g/mol. The van der Waals surface area contributed by atoms with Gasteiger partial charge in [-0.1, -0.05) is 29.7 Å². The minimum atomic E-state index is -4.09. The molecular formula is C21H26N10O9P2S2. The summed E-state index contributed by atoms with van der Waals surface area (Å²) in [4.78, 5) is 27.0. The summed E-state index contributed by atoms with van der Waals surface area (Å²) in [6.45, 7) is -8.60. The van der Waals surface area contributed by atoms with Gasteiger partial charge in [-0.05, 0) is 6.07 Å². The lowest BCUT2D eigenvalue weighted by Gasteiger charge is -2.25. The van der Waals surface area contributed by atoms with Crippen molar-refractivity contribution in [3.05, 3.63) is 28.9 Å². The summed E-state index contributed by atoms with van der Waals surface area (Å²) in [6.07, 6.45) is -3.13. The zero-order valence-corrected chi connectivity index (χ0v) is 26.0. The molecule has 3 fully saturated rings. The molecule has 0 radical (unpaired) electrons. The van der Waals surface area contributed by atoms with E-state index in [1.165, 1.54) is 6.33 Å². The smallest absolute Gasteiger partial charge is 0.386 e. The molecule has 0 aliphatic carbocycles. The maximum atomic E-state index is 13.7. The lowest BCUT2D eigenvalue weighted by atomic mass is 10.0. The molecule has 6 N–H and O–H groups in total. The fourth-order valence-corrected chi connectivity index (χ4v) is 9.35. The molecule has 9 atom stereocenters. The number of ether oxygens (including phenoxy) is 2. The van der Waals surface area contributed by atoms with E-state index in [0.29, 0.717) is 16.9 Å². The van der Waals surface area contributed by atoms with Gasteiger partial charge in [0, 0.05) is 24.7 Å². The maximum absolute atomic E-state index is 13.7. The van der Waals surface area contributed by atoms with Crippen LogP contribution in [0.3, 0.4) is 0 Å². The summed E-state index contributed by atoms with van der Waals surface area (Å²) in [6, 6.07) is 1.74. The van der Waals surface area contributed by atoms with Crippen LogP contribution in [0.4, 0.5) is 11.8 Å². The summed E-state index contributed by atoms with van der Waals surface area (Å²) in [5.74, 6) is -0.891. The average Bonchev–Trinajstić information content (AvgIpc) is 3.72. The number of nitrogen functional groups attached to an aromatic ring is 2. The molecule has 2 bridgehead atoms. The first kappa shape index (κ1) is 30.1. The van der Waals surface area contributed by atoms with Gasteiger partial charge in [0.2, 0.25) is 5.95 Å². The molecule has 44 heavy (non-hydrogen) atoms. The van der Waals surface area contributed by atoms with Crippen molar-refractivity contribution >= 4 is 71.8 Å². The zero-order chi connectivity index (χ0) is 31.0. The zero-order valence-electron chi connectivity index (χ0n) is 22.4. The number of rotatable bonds is 2. The van der Waals surface area contributed by atoms with Gasteiger partial charge >= 0.3 is 6.80 Å². The number of nitrogens with one attached hydrogen (secondary N) is 1. The van der Waals surface area contributed by atoms with Crippen molar-refractivity contribution < 1.29 is 37.3 Å². The number of aliphatic hydroxyl groups excluding tert-OH is 1. The van der Waals surface area contributed by atoms with E-state index in [9.17, 15) is 19.0 Å². The molecule has 0 saturated carbocycles. The summed E-state index contributed by atoms with van der Waals surface area (Å²) in [5.41, 5.74) is 11.4. The van der Waals surface area contributed by atoms with Crippen molar-refractivity contribution in [1.82, 2.24) is 39.5 Å². The third kappa shape index (κ3) is 5.44. The maximum Gasteiger partial charge on any atom is 0.386 e. The van der Waals surface area contributed by atoms with Gasteiger partial charge in [0.05, 0.1) is 24.7 Å². The lowest BCUT2D eigenvalue weighted by Crippen LogP contribution is -2.32. The average molecular weight is 689 g/mol. The number of aliphatic hydroxyl groups is 1. The summed E-state index contributed by atoms with van der Waals surface area (Å²) in [5, 5.41) is 19.7. The number of thiol groups is 2. The second-order valence-corrected chi connectivity index (χ2v) is 17.1. The monoisotopic (exact) mass is 688 g/mol. The topological polar surface area (TPSA) is 260 Å². The molecule has 2 unspecified atom stereocenters. The highest BCUT2D eigenvalue weighted by atomic mass is 32.7. The van der Waals surface area contributed by atoms with E-state index in [-0.39, 0.29) is 36.3 Å². The third-order valence-electron chi connectivity index (χ3n) is 7.68. The van der Waals surface area contributed by atoms with E-state index < -0.39 is 68.3 Å². The van der Waals surface area contributed by atoms with E-state index in [1.54, 1.807) is 16.8 Å². The van der Waals surface area contributed by atoms with Crippen LogP contribution in [-0.4, -0.2) is 88.4 Å². The SMILES string of the molecule is Nc1nc2c(nnn2[C@@H]2O[C@@H]3COP(=O)(S)O[C@H]4C[C@H](n5ccc6c(N)ncnc65)O[C@@H]4COP(=O)(S)C[C@@H]2[C@@H]3O)c(=O)[nH]1. The fraction of sp³-hybridized carbons (Fsp3) is 0.524. The van der Waals surface area contributed by atoms with Crippen molar-refractivity contribution in [2.75, 3.05) is 30.8 Å². The standard InChI is InChI=1S/C21H26N10O9P2S2/c22-16-8-1-2-30(17(8)25-7-24-16)13-3-10-11(38-13)4-36-41(34,43)6-9-15(32)12(5-37-42(35,44)40-10)39-20(9)31-18-14(28-29-31)19(33)27-21(23)26-18/h1-2,7,9-13,15,20,32H,3-6H2,(H,34,43)(H,35,44)(H2,22,24,25)(H3,23,26,27,33)/t9-,10+,11-,12-,13-,15+,20-,41?,42?/m1/s1. The third-order valence-corrected chi connectivity index (χ3v) is 11.6. The van der Waals surface area contributed by atoms with Gasteiger partial charge in [0.25, 0.3) is 12.1 Å². The van der Waals surface area contributed by atoms with Gasteiger partial charge in [0.1, 0.15) is 42.3 Å². The number of nitrogens with zero attached hydrogens (tertiary/aromatic N) is 7. The largest absolute Gasteiger partial charge is 0.390 e. The molecule has 4 aromatic heterocycles. The number of nitrogens with two attached hydrogens (primary N) is 2. The van der Waals surface area contributed by atoms with Crippen LogP contribution in [0.2, 0.25) is 0 Å². The van der Waals surface area contributed by atoms with Crippen LogP contribution < -0.4 is 17.0 Å². The van der Waals surface area contributed by atoms with Gasteiger partial charge in [-0.2, -0.15) is 9.67 Å². The predicted molar refractivity (Wildman–Crippen MR) is 159 cm³/mol. The first-order valence-corrected chi connectivity index (χ1v) is 18.8. The van der Waals surface area contributed by atoms with Crippen molar-refractivity contribution in [3.63, 3.8) is 0 Å². The highest BCUT2D eigenvalue weighted by Gasteiger charge is 2.50. The second kappa shape index (κ2) is 11.0. The van der Waals surface area contributed by atoms with E-state index in [2.05, 4.69) is 54.7 Å². The summed E-state index contributed by atoms with van der Waals surface area (Å²) >= 11 is 8.48. The molecule has 0 aromatic carbocycles. The Bertz CT molecular complexity index is 1910. The molecule has 7 heterocycles. The summed E-state index contributed by atoms with van der Waals surface area (Å²) in [7, 11) is 0. The summed E-state index contributed by atoms with van der Waals surface area (Å²) < 4.78 is 59.4. The number of aromatic nitrogens is 8. The molecule has 0 spiro atoms. The number of aromatic amines is 1. The van der Waals surface area contributed by atoms with Crippen LogP contribution in [0.5, 0.6) is 0 Å². The molecule has 3 aliphatic rings. The molecule has 4 aromatic rings. The Kier molecular flexibility index (Phi) is 7.55. The fourth-order valence-electron chi connectivity index (χ4n) is 5.64. The van der Waals surface area contributed by atoms with E-state index >= 15 is 0 Å². The Morgan fingerprint density at radius 3 is 2.68 bits per heavy atom. The lowest BCUT2D eigenvalue weighted by molar-refractivity contribution is -0.0514. The van der Waals surface area contributed by atoms with Crippen molar-refractivity contribution in [3.8, 4) is 0 Å². The number of hydrogen-bond donors (Lipinski definition) is 6. The van der Waals surface area contributed by atoms with Crippen molar-refractivity contribution in [1.29, 1.82) is 0 Å². The quantitative estimate of drug-likeness (QED) is 0.126. The molecule has 236 valence electrons. The highest BCUT2D eigenvalue weighted by Crippen LogP contribution is 2.60. The van der Waals surface area contributed by atoms with E-state index in [4.69, 9.17) is 34.5 Å². The Hall–Kier alpha value is -2.58. The number of hydrogen-bond acceptors (Lipinski definition) is 16. The van der Waals surface area contributed by atoms with Gasteiger partial charge in [-0.15, -0.1) is 5.10 Å². The Morgan fingerprint density at radius 2 is 1.86 bits per heavy atom. The van der Waals surface area contributed by atoms with Gasteiger partial charge in [0.15, 0.2) is 17.4 Å². The van der Waals surface area contributed by atoms with Crippen molar-refractivity contribution in [2.24, 2.45) is 5.92 Å². The number of anilines is 2. The molecule has 19 nitrogen and oxygen atoms in total. The van der Waals surface area contributed by atoms with Crippen LogP contribution in [0.1, 0.15) is 18.9 Å². The first-order valence-electron chi connectivity index (χ1n) is 13.2. The van der Waals surface area contributed by atoms with E-state index in [1.807, 2.05) is 0 Å². The molecule has 3 saturated heterocycles. The number of H-pyrrole nitrogens is 1. The Labute approximate surface area is 257 Å². The Balaban J connectivity index is 1.19. The van der Waals surface area contributed by atoms with Crippen LogP contribution in [0, 0.1) is 5.92 Å². The minimum absolute atomic E-state index is 0.0351. The number of fused-ring (bicyclic) bond motifs is 5. The van der Waals surface area contributed by atoms with Gasteiger partial charge in [-0.25, -0.2) is 14.5 Å². The second-order valence-electron chi connectivity index (χ2n) is 10.5. The Morgan fingerprint density at radius 1 is 1.07 bits per heavy atom. The highest BCUT2D eigenvalue weighted by molar-refractivity contribution is 8.46. The molecule has 7 rings (SSSR count). The molecule has 3 aliphatic heterocycles. The van der Waals surface area contributed by atoms with Gasteiger partial charge < -0.3 is 35.1 Å². The minimum Gasteiger partial charge on any atom is -0.390 e. The van der Waals surface area contributed by atoms with Gasteiger partial charge in [-0.3, -0.25) is 23.4 Å². The van der Waals surface area contributed by atoms with Crippen LogP contribution in [0.15, 0.2) is 23.4 Å². The first-order chi connectivity index (χ1) is 20.9. The van der Waals surface area contributed by atoms with E-state index in [0.717, 1.165) is 4.68 Å².